The Kier molecular flexibility index (Phi) is 5.12. The number of hydrogen-bond donors (Lipinski definition) is 4. The maximum absolute atomic E-state index is 11.0. The molecule has 0 radical (unpaired) electrons. The summed E-state index contributed by atoms with van der Waals surface area (Å²) >= 11 is 5.84. The van der Waals surface area contributed by atoms with Crippen LogP contribution in [0.3, 0.4) is 0 Å². The minimum atomic E-state index is -4.32. The van der Waals surface area contributed by atoms with Crippen LogP contribution in [0.25, 0.3) is 0 Å². The molecule has 0 fully saturated rings. The summed E-state index contributed by atoms with van der Waals surface area (Å²) in [6, 6.07) is 3.20. The topological polar surface area (TPSA) is 116 Å². The van der Waals surface area contributed by atoms with E-state index < -0.39 is 22.1 Å². The first-order chi connectivity index (χ1) is 8.70. The van der Waals surface area contributed by atoms with E-state index in [4.69, 9.17) is 21.3 Å². The smallest absolute Gasteiger partial charge is 0.304 e. The fourth-order valence-corrected chi connectivity index (χ4v) is 1.95. The van der Waals surface area contributed by atoms with Crippen molar-refractivity contribution < 1.29 is 22.9 Å². The van der Waals surface area contributed by atoms with E-state index in [9.17, 15) is 13.2 Å². The Bertz CT molecular complexity index is 575. The molecule has 1 aromatic carbocycles. The summed E-state index contributed by atoms with van der Waals surface area (Å²) in [6.45, 7) is 1.63. The van der Waals surface area contributed by atoms with Crippen molar-refractivity contribution in [3.63, 3.8) is 0 Å². The Morgan fingerprint density at radius 3 is 2.63 bits per heavy atom. The molecule has 0 aliphatic rings. The number of halogens is 1. The monoisotopic (exact) mass is 308 g/mol. The van der Waals surface area contributed by atoms with Gasteiger partial charge in [0.15, 0.2) is 0 Å². The SMILES string of the molecule is CC(CC(=O)O)NNc1cc(S(=O)(=O)O)ccc1Cl. The average molecular weight is 309 g/mol. The van der Waals surface area contributed by atoms with E-state index in [2.05, 4.69) is 10.9 Å². The number of hydrogen-bond acceptors (Lipinski definition) is 5. The lowest BCUT2D eigenvalue weighted by Crippen LogP contribution is -2.33. The number of rotatable bonds is 6. The van der Waals surface area contributed by atoms with Crippen LogP contribution in [0.15, 0.2) is 23.1 Å². The number of anilines is 1. The first-order valence-electron chi connectivity index (χ1n) is 5.20. The molecule has 0 heterocycles. The second kappa shape index (κ2) is 6.20. The van der Waals surface area contributed by atoms with Gasteiger partial charge in [-0.1, -0.05) is 11.6 Å². The summed E-state index contributed by atoms with van der Waals surface area (Å²) in [5.41, 5.74) is 5.48. The number of benzene rings is 1. The van der Waals surface area contributed by atoms with Crippen molar-refractivity contribution in [3.05, 3.63) is 23.2 Å². The number of carboxylic acids is 1. The molecule has 7 nitrogen and oxygen atoms in total. The summed E-state index contributed by atoms with van der Waals surface area (Å²) in [7, 11) is -4.32. The Hall–Kier alpha value is -1.35. The molecule has 1 rings (SSSR count). The first-order valence-corrected chi connectivity index (χ1v) is 7.02. The van der Waals surface area contributed by atoms with Crippen LogP contribution in [0.1, 0.15) is 13.3 Å². The van der Waals surface area contributed by atoms with E-state index in [0.29, 0.717) is 0 Å². The van der Waals surface area contributed by atoms with Crippen LogP contribution in [0.2, 0.25) is 5.02 Å². The van der Waals surface area contributed by atoms with Crippen molar-refractivity contribution in [1.29, 1.82) is 0 Å². The van der Waals surface area contributed by atoms with E-state index in [1.165, 1.54) is 6.07 Å². The van der Waals surface area contributed by atoms with Gasteiger partial charge < -0.3 is 10.5 Å². The van der Waals surface area contributed by atoms with Gasteiger partial charge in [0.25, 0.3) is 10.1 Å². The Balaban J connectivity index is 2.81. The van der Waals surface area contributed by atoms with Crippen LogP contribution in [0.4, 0.5) is 5.69 Å². The number of nitrogens with one attached hydrogen (secondary N) is 2. The maximum atomic E-state index is 11.0. The van der Waals surface area contributed by atoms with Gasteiger partial charge in [-0.05, 0) is 25.1 Å². The molecule has 0 bridgehead atoms. The lowest BCUT2D eigenvalue weighted by Gasteiger charge is -2.15. The van der Waals surface area contributed by atoms with Crippen LogP contribution in [0.5, 0.6) is 0 Å². The molecule has 0 spiro atoms. The fraction of sp³-hybridized carbons (Fsp3) is 0.300. The van der Waals surface area contributed by atoms with E-state index in [-0.39, 0.29) is 22.0 Å². The van der Waals surface area contributed by atoms with Gasteiger partial charge in [0, 0.05) is 6.04 Å². The quantitative estimate of drug-likeness (QED) is 0.463. The van der Waals surface area contributed by atoms with Gasteiger partial charge >= 0.3 is 5.97 Å². The largest absolute Gasteiger partial charge is 0.481 e. The standard InChI is InChI=1S/C10H13ClN2O5S/c1-6(4-10(14)15)12-13-9-5-7(19(16,17)18)2-3-8(9)11/h2-3,5-6,12-13H,4H2,1H3,(H,14,15)(H,16,17,18). The molecule has 106 valence electrons. The van der Waals surface area contributed by atoms with E-state index >= 15 is 0 Å². The van der Waals surface area contributed by atoms with Crippen molar-refractivity contribution in [2.75, 3.05) is 5.43 Å². The molecule has 1 unspecified atom stereocenters. The molecule has 0 saturated heterocycles. The summed E-state index contributed by atoms with van der Waals surface area (Å²) in [5.74, 6) is -0.973. The Morgan fingerprint density at radius 2 is 2.11 bits per heavy atom. The maximum Gasteiger partial charge on any atom is 0.304 e. The van der Waals surface area contributed by atoms with Crippen molar-refractivity contribution in [3.8, 4) is 0 Å². The molecule has 4 N–H and O–H groups in total. The normalized spacial score (nSPS) is 13.0. The Labute approximate surface area is 115 Å². The van der Waals surface area contributed by atoms with Crippen LogP contribution < -0.4 is 10.9 Å². The molecule has 1 aromatic rings. The van der Waals surface area contributed by atoms with Crippen LogP contribution in [0, 0.1) is 0 Å². The number of carboxylic acid groups (broad SMARTS) is 1. The first kappa shape index (κ1) is 15.7. The summed E-state index contributed by atoms with van der Waals surface area (Å²) in [6.07, 6.45) is -0.122. The zero-order chi connectivity index (χ0) is 14.6. The minimum absolute atomic E-state index is 0.122. The molecule has 19 heavy (non-hydrogen) atoms. The third-order valence-corrected chi connectivity index (χ3v) is 3.35. The van der Waals surface area contributed by atoms with Crippen LogP contribution >= 0.6 is 11.6 Å². The minimum Gasteiger partial charge on any atom is -0.481 e. The summed E-state index contributed by atoms with van der Waals surface area (Å²) < 4.78 is 30.8. The second-order valence-electron chi connectivity index (χ2n) is 3.88. The Morgan fingerprint density at radius 1 is 1.47 bits per heavy atom. The van der Waals surface area contributed by atoms with Gasteiger partial charge in [-0.15, -0.1) is 0 Å². The van der Waals surface area contributed by atoms with Gasteiger partial charge in [0.2, 0.25) is 0 Å². The second-order valence-corrected chi connectivity index (χ2v) is 5.71. The third-order valence-electron chi connectivity index (χ3n) is 2.17. The predicted octanol–water partition coefficient (Wildman–Crippen LogP) is 1.37. The zero-order valence-electron chi connectivity index (χ0n) is 9.92. The summed E-state index contributed by atoms with van der Waals surface area (Å²) in [5, 5.41) is 8.80. The molecular weight excluding hydrogens is 296 g/mol. The van der Waals surface area contributed by atoms with Gasteiger partial charge in [-0.2, -0.15) is 8.42 Å². The number of aliphatic carboxylic acids is 1. The third kappa shape index (κ3) is 5.03. The van der Waals surface area contributed by atoms with Crippen molar-refractivity contribution in [1.82, 2.24) is 5.43 Å². The van der Waals surface area contributed by atoms with Gasteiger partial charge in [-0.25, -0.2) is 5.43 Å². The number of carbonyl (C=O) groups is 1. The van der Waals surface area contributed by atoms with Gasteiger partial charge in [0.05, 0.1) is 22.0 Å². The van der Waals surface area contributed by atoms with E-state index in [0.717, 1.165) is 12.1 Å². The summed E-state index contributed by atoms with van der Waals surface area (Å²) in [4.78, 5) is 10.2. The predicted molar refractivity (Wildman–Crippen MR) is 69.7 cm³/mol. The highest BCUT2D eigenvalue weighted by atomic mass is 35.5. The molecule has 9 heteroatoms. The molecule has 0 amide bonds. The highest BCUT2D eigenvalue weighted by Gasteiger charge is 2.13. The molecule has 0 saturated carbocycles. The van der Waals surface area contributed by atoms with Crippen molar-refractivity contribution in [2.45, 2.75) is 24.3 Å². The van der Waals surface area contributed by atoms with Gasteiger partial charge in [0.1, 0.15) is 0 Å². The molecule has 0 aromatic heterocycles. The van der Waals surface area contributed by atoms with Crippen molar-refractivity contribution >= 4 is 33.4 Å². The molecule has 1 atom stereocenters. The lowest BCUT2D eigenvalue weighted by atomic mass is 10.2. The molecule has 0 aliphatic heterocycles. The molecule has 0 aliphatic carbocycles. The highest BCUT2D eigenvalue weighted by Crippen LogP contribution is 2.24. The van der Waals surface area contributed by atoms with Crippen molar-refractivity contribution in [2.24, 2.45) is 0 Å². The highest BCUT2D eigenvalue weighted by molar-refractivity contribution is 7.85. The lowest BCUT2D eigenvalue weighted by molar-refractivity contribution is -0.137. The van der Waals surface area contributed by atoms with E-state index in [1.54, 1.807) is 6.92 Å². The molecular formula is C10H13ClN2O5S. The zero-order valence-corrected chi connectivity index (χ0v) is 11.5. The van der Waals surface area contributed by atoms with Crippen LogP contribution in [-0.4, -0.2) is 30.1 Å². The fourth-order valence-electron chi connectivity index (χ4n) is 1.27. The number of hydrazine groups is 1. The average Bonchev–Trinajstić information content (AvgIpc) is 2.25. The van der Waals surface area contributed by atoms with Crippen LogP contribution in [-0.2, 0) is 14.9 Å². The van der Waals surface area contributed by atoms with Gasteiger partial charge in [-0.3, -0.25) is 9.35 Å². The van der Waals surface area contributed by atoms with E-state index in [1.807, 2.05) is 0 Å².